The zero-order valence-corrected chi connectivity index (χ0v) is 18.7. The molecule has 0 spiro atoms. The highest BCUT2D eigenvalue weighted by molar-refractivity contribution is 7.94. The molecule has 0 amide bonds. The van der Waals surface area contributed by atoms with Crippen molar-refractivity contribution in [1.29, 1.82) is 0 Å². The Balaban J connectivity index is 2.03. The van der Waals surface area contributed by atoms with Crippen LogP contribution in [0.3, 0.4) is 0 Å². The Labute approximate surface area is 182 Å². The van der Waals surface area contributed by atoms with Crippen molar-refractivity contribution in [1.82, 2.24) is 0 Å². The van der Waals surface area contributed by atoms with Gasteiger partial charge in [0.15, 0.2) is 9.84 Å². The number of rotatable bonds is 6. The third-order valence-electron chi connectivity index (χ3n) is 4.71. The standard InChI is InChI=1S/C24H22Cl2O2S/c1-17-3-4-18(2)21(13-17)15-24(14-19-5-9-22(25)10-6-19)29(27,28)16-20-7-11-23(26)12-8-20/h3-13,15H,14,16H2,1-2H3/b24-15+. The zero-order valence-electron chi connectivity index (χ0n) is 16.3. The Hall–Kier alpha value is -2.07. The zero-order chi connectivity index (χ0) is 21.0. The van der Waals surface area contributed by atoms with Crippen LogP contribution in [0.1, 0.15) is 27.8 Å². The average molecular weight is 445 g/mol. The third kappa shape index (κ3) is 5.96. The first kappa shape index (κ1) is 21.6. The molecule has 0 N–H and O–H groups in total. The van der Waals surface area contributed by atoms with E-state index in [4.69, 9.17) is 23.2 Å². The highest BCUT2D eigenvalue weighted by Gasteiger charge is 2.20. The third-order valence-corrected chi connectivity index (χ3v) is 6.99. The second kappa shape index (κ2) is 9.17. The number of hydrogen-bond donors (Lipinski definition) is 0. The first-order valence-corrected chi connectivity index (χ1v) is 11.6. The highest BCUT2D eigenvalue weighted by Crippen LogP contribution is 2.25. The second-order valence-electron chi connectivity index (χ2n) is 7.16. The molecular weight excluding hydrogens is 423 g/mol. The molecule has 0 saturated carbocycles. The van der Waals surface area contributed by atoms with Crippen molar-refractivity contribution in [2.45, 2.75) is 26.0 Å². The van der Waals surface area contributed by atoms with Crippen molar-refractivity contribution in [2.75, 3.05) is 0 Å². The van der Waals surface area contributed by atoms with Crippen molar-refractivity contribution < 1.29 is 8.42 Å². The van der Waals surface area contributed by atoms with Crippen LogP contribution >= 0.6 is 23.2 Å². The van der Waals surface area contributed by atoms with Gasteiger partial charge in [-0.25, -0.2) is 8.42 Å². The highest BCUT2D eigenvalue weighted by atomic mass is 35.5. The van der Waals surface area contributed by atoms with E-state index in [1.165, 1.54) is 0 Å². The van der Waals surface area contributed by atoms with E-state index < -0.39 is 9.84 Å². The van der Waals surface area contributed by atoms with E-state index in [9.17, 15) is 8.42 Å². The van der Waals surface area contributed by atoms with E-state index in [-0.39, 0.29) is 5.75 Å². The Morgan fingerprint density at radius 3 is 1.97 bits per heavy atom. The Bertz CT molecular complexity index is 1130. The molecule has 3 aromatic rings. The Morgan fingerprint density at radius 1 is 0.828 bits per heavy atom. The molecule has 0 aliphatic heterocycles. The summed E-state index contributed by atoms with van der Waals surface area (Å²) < 4.78 is 26.7. The molecule has 0 aromatic heterocycles. The van der Waals surface area contributed by atoms with Gasteiger partial charge in [-0.3, -0.25) is 0 Å². The minimum Gasteiger partial charge on any atom is -0.224 e. The lowest BCUT2D eigenvalue weighted by Crippen LogP contribution is -2.10. The summed E-state index contributed by atoms with van der Waals surface area (Å²) in [6.45, 7) is 3.98. The number of aryl methyl sites for hydroxylation is 2. The summed E-state index contributed by atoms with van der Waals surface area (Å²) in [5.74, 6) is -0.0749. The molecule has 0 saturated heterocycles. The summed E-state index contributed by atoms with van der Waals surface area (Å²) in [4.78, 5) is 0.378. The van der Waals surface area contributed by atoms with Crippen LogP contribution in [0.5, 0.6) is 0 Å². The van der Waals surface area contributed by atoms with Gasteiger partial charge in [-0.15, -0.1) is 0 Å². The molecule has 0 unspecified atom stereocenters. The Morgan fingerprint density at radius 2 is 1.38 bits per heavy atom. The van der Waals surface area contributed by atoms with Gasteiger partial charge in [0.05, 0.1) is 5.75 Å². The van der Waals surface area contributed by atoms with Crippen LogP contribution in [0.25, 0.3) is 6.08 Å². The lowest BCUT2D eigenvalue weighted by Gasteiger charge is -2.12. The predicted octanol–water partition coefficient (Wildman–Crippen LogP) is 6.81. The molecule has 150 valence electrons. The molecule has 29 heavy (non-hydrogen) atoms. The number of allylic oxidation sites excluding steroid dienone is 1. The maximum absolute atomic E-state index is 13.3. The van der Waals surface area contributed by atoms with Gasteiger partial charge in [0.2, 0.25) is 0 Å². The maximum atomic E-state index is 13.3. The number of benzene rings is 3. The fourth-order valence-electron chi connectivity index (χ4n) is 3.04. The van der Waals surface area contributed by atoms with Crippen LogP contribution in [0, 0.1) is 13.8 Å². The van der Waals surface area contributed by atoms with Crippen LogP contribution in [0.15, 0.2) is 71.6 Å². The fourth-order valence-corrected chi connectivity index (χ4v) is 4.80. The summed E-state index contributed by atoms with van der Waals surface area (Å²) >= 11 is 11.9. The van der Waals surface area contributed by atoms with Crippen LogP contribution in [0.2, 0.25) is 10.0 Å². The smallest absolute Gasteiger partial charge is 0.179 e. The lowest BCUT2D eigenvalue weighted by molar-refractivity contribution is 0.600. The van der Waals surface area contributed by atoms with Crippen molar-refractivity contribution in [3.05, 3.63) is 109 Å². The Kier molecular flexibility index (Phi) is 6.84. The van der Waals surface area contributed by atoms with Crippen LogP contribution < -0.4 is 0 Å². The van der Waals surface area contributed by atoms with E-state index in [2.05, 4.69) is 0 Å². The predicted molar refractivity (Wildman–Crippen MR) is 123 cm³/mol. The van der Waals surface area contributed by atoms with E-state index in [1.807, 2.05) is 44.2 Å². The summed E-state index contributed by atoms with van der Waals surface area (Å²) in [7, 11) is -3.54. The van der Waals surface area contributed by atoms with Crippen LogP contribution in [0.4, 0.5) is 0 Å². The molecule has 0 atom stereocenters. The molecule has 0 radical (unpaired) electrons. The molecule has 0 fully saturated rings. The maximum Gasteiger partial charge on any atom is 0.179 e. The van der Waals surface area contributed by atoms with Gasteiger partial charge in [0.1, 0.15) is 0 Å². The fraction of sp³-hybridized carbons (Fsp3) is 0.167. The molecule has 3 rings (SSSR count). The summed E-state index contributed by atoms with van der Waals surface area (Å²) in [6.07, 6.45) is 2.10. The number of hydrogen-bond acceptors (Lipinski definition) is 2. The van der Waals surface area contributed by atoms with E-state index >= 15 is 0 Å². The quantitative estimate of drug-likeness (QED) is 0.418. The van der Waals surface area contributed by atoms with Crippen LogP contribution in [-0.2, 0) is 22.0 Å². The van der Waals surface area contributed by atoms with Gasteiger partial charge in [0, 0.05) is 21.4 Å². The summed E-state index contributed by atoms with van der Waals surface area (Å²) in [5, 5.41) is 1.20. The molecule has 0 aliphatic carbocycles. The lowest BCUT2D eigenvalue weighted by atomic mass is 10.0. The van der Waals surface area contributed by atoms with Crippen molar-refractivity contribution >= 4 is 39.1 Å². The SMILES string of the molecule is Cc1ccc(C)c(/C=C(\Cc2ccc(Cl)cc2)S(=O)(=O)Cc2ccc(Cl)cc2)c1. The monoisotopic (exact) mass is 444 g/mol. The molecular formula is C24H22Cl2O2S. The van der Waals surface area contributed by atoms with E-state index in [1.54, 1.807) is 42.5 Å². The minimum atomic E-state index is -3.54. The molecule has 0 aliphatic rings. The van der Waals surface area contributed by atoms with Gasteiger partial charge in [-0.2, -0.15) is 0 Å². The van der Waals surface area contributed by atoms with Gasteiger partial charge in [0.25, 0.3) is 0 Å². The first-order chi connectivity index (χ1) is 13.7. The minimum absolute atomic E-state index is 0.0749. The van der Waals surface area contributed by atoms with E-state index in [0.717, 1.165) is 22.3 Å². The van der Waals surface area contributed by atoms with E-state index in [0.29, 0.717) is 26.9 Å². The van der Waals surface area contributed by atoms with Crippen molar-refractivity contribution in [2.24, 2.45) is 0 Å². The van der Waals surface area contributed by atoms with Gasteiger partial charge >= 0.3 is 0 Å². The number of sulfone groups is 1. The van der Waals surface area contributed by atoms with Gasteiger partial charge < -0.3 is 0 Å². The molecule has 0 heterocycles. The van der Waals surface area contributed by atoms with Crippen LogP contribution in [-0.4, -0.2) is 8.42 Å². The molecule has 0 bridgehead atoms. The van der Waals surface area contributed by atoms with Gasteiger partial charge in [-0.1, -0.05) is 71.2 Å². The topological polar surface area (TPSA) is 34.1 Å². The summed E-state index contributed by atoms with van der Waals surface area (Å²) in [5.41, 5.74) is 4.63. The summed E-state index contributed by atoms with van der Waals surface area (Å²) in [6, 6.07) is 20.2. The second-order valence-corrected chi connectivity index (χ2v) is 10.1. The largest absolute Gasteiger partial charge is 0.224 e. The van der Waals surface area contributed by atoms with Crippen molar-refractivity contribution in [3.63, 3.8) is 0 Å². The van der Waals surface area contributed by atoms with Gasteiger partial charge in [-0.05, 0) is 66.4 Å². The molecule has 3 aromatic carbocycles. The molecule has 2 nitrogen and oxygen atoms in total. The molecule has 5 heteroatoms. The van der Waals surface area contributed by atoms with Crippen molar-refractivity contribution in [3.8, 4) is 0 Å². The normalized spacial score (nSPS) is 12.2. The first-order valence-electron chi connectivity index (χ1n) is 9.22. The number of halogens is 2. The average Bonchev–Trinajstić information content (AvgIpc) is 2.67.